The molecule has 182 valence electrons. The lowest BCUT2D eigenvalue weighted by Gasteiger charge is -2.45. The van der Waals surface area contributed by atoms with Gasteiger partial charge in [0.25, 0.3) is 0 Å². The van der Waals surface area contributed by atoms with Crippen LogP contribution in [0.1, 0.15) is 78.1 Å². The number of aliphatic hydroxyl groups is 2. The fourth-order valence-corrected chi connectivity index (χ4v) is 7.80. The van der Waals surface area contributed by atoms with Crippen molar-refractivity contribution >= 4 is 0 Å². The maximum Gasteiger partial charge on any atom is 0.238 e. The van der Waals surface area contributed by atoms with Crippen LogP contribution in [0.15, 0.2) is 23.3 Å². The highest BCUT2D eigenvalue weighted by atomic mass is 19.3. The average molecular weight is 452 g/mol. The van der Waals surface area contributed by atoms with Crippen molar-refractivity contribution in [3.8, 4) is 0 Å². The van der Waals surface area contributed by atoms with Gasteiger partial charge in [0.05, 0.1) is 12.2 Å². The highest BCUT2D eigenvalue weighted by molar-refractivity contribution is 5.26. The third-order valence-corrected chi connectivity index (χ3v) is 9.23. The smallest absolute Gasteiger partial charge is 0.238 e. The van der Waals surface area contributed by atoms with Crippen LogP contribution in [0.4, 0.5) is 8.78 Å². The first-order valence-electron chi connectivity index (χ1n) is 13.0. The molecule has 4 fully saturated rings. The van der Waals surface area contributed by atoms with Gasteiger partial charge in [0.2, 0.25) is 6.43 Å². The first kappa shape index (κ1) is 24.3. The van der Waals surface area contributed by atoms with Gasteiger partial charge in [0, 0.05) is 19.5 Å². The number of hydrogen-bond acceptors (Lipinski definition) is 3. The van der Waals surface area contributed by atoms with Crippen molar-refractivity contribution in [1.82, 2.24) is 4.90 Å². The van der Waals surface area contributed by atoms with Crippen molar-refractivity contribution in [2.75, 3.05) is 19.6 Å². The summed E-state index contributed by atoms with van der Waals surface area (Å²) in [4.78, 5) is 2.44. The molecule has 0 radical (unpaired) electrons. The van der Waals surface area contributed by atoms with Crippen LogP contribution in [-0.2, 0) is 0 Å². The second kappa shape index (κ2) is 10.2. The molecule has 1 saturated heterocycles. The molecule has 32 heavy (non-hydrogen) atoms. The molecule has 3 aliphatic carbocycles. The number of halogens is 2. The molecular formula is C27H43F2NO2. The van der Waals surface area contributed by atoms with Crippen LogP contribution in [0.3, 0.4) is 0 Å². The summed E-state index contributed by atoms with van der Waals surface area (Å²) in [6.07, 6.45) is 10.6. The van der Waals surface area contributed by atoms with E-state index in [0.29, 0.717) is 42.4 Å². The molecule has 0 bridgehead atoms. The Labute approximate surface area is 193 Å². The predicted octanol–water partition coefficient (Wildman–Crippen LogP) is 5.57. The van der Waals surface area contributed by atoms with Gasteiger partial charge in [0.15, 0.2) is 0 Å². The Morgan fingerprint density at radius 2 is 1.88 bits per heavy atom. The SMILES string of the molecule is CC(CN1CC[C@@H](CC(F)F)C1)[C@H]1CC[C@H]2/C(=C/C=C3/C[C@@H](O)C[C@@H](O)C3)CCC[C@]12C. The fraction of sp³-hybridized carbons (Fsp3) is 0.852. The molecule has 3 nitrogen and oxygen atoms in total. The van der Waals surface area contributed by atoms with Gasteiger partial charge >= 0.3 is 0 Å². The van der Waals surface area contributed by atoms with Gasteiger partial charge in [-0.3, -0.25) is 0 Å². The van der Waals surface area contributed by atoms with Gasteiger partial charge in [-0.1, -0.05) is 37.1 Å². The number of nitrogens with zero attached hydrogens (tertiary/aromatic N) is 1. The van der Waals surface area contributed by atoms with Crippen LogP contribution >= 0.6 is 0 Å². The van der Waals surface area contributed by atoms with Crippen LogP contribution in [0, 0.1) is 29.1 Å². The average Bonchev–Trinajstić information content (AvgIpc) is 3.28. The van der Waals surface area contributed by atoms with Gasteiger partial charge in [-0.25, -0.2) is 8.78 Å². The highest BCUT2D eigenvalue weighted by Crippen LogP contribution is 2.59. The number of allylic oxidation sites excluding steroid dienone is 3. The summed E-state index contributed by atoms with van der Waals surface area (Å²) >= 11 is 0. The minimum absolute atomic E-state index is 0.0613. The number of likely N-dealkylation sites (tertiary alicyclic amines) is 1. The highest BCUT2D eigenvalue weighted by Gasteiger charge is 2.50. The molecule has 0 aromatic heterocycles. The number of hydrogen-bond donors (Lipinski definition) is 2. The Bertz CT molecular complexity index is 696. The van der Waals surface area contributed by atoms with Crippen molar-refractivity contribution in [2.24, 2.45) is 29.1 Å². The summed E-state index contributed by atoms with van der Waals surface area (Å²) < 4.78 is 25.5. The molecule has 4 rings (SSSR count). The van der Waals surface area contributed by atoms with Crippen molar-refractivity contribution in [3.63, 3.8) is 0 Å². The Hall–Kier alpha value is -0.780. The van der Waals surface area contributed by atoms with E-state index in [1.165, 1.54) is 31.3 Å². The summed E-state index contributed by atoms with van der Waals surface area (Å²) in [6, 6.07) is 0. The van der Waals surface area contributed by atoms with Crippen LogP contribution < -0.4 is 0 Å². The van der Waals surface area contributed by atoms with E-state index in [9.17, 15) is 19.0 Å². The van der Waals surface area contributed by atoms with Crippen molar-refractivity contribution in [3.05, 3.63) is 23.3 Å². The van der Waals surface area contributed by atoms with E-state index in [2.05, 4.69) is 30.9 Å². The van der Waals surface area contributed by atoms with E-state index in [1.807, 2.05) is 0 Å². The van der Waals surface area contributed by atoms with E-state index in [1.54, 1.807) is 5.57 Å². The summed E-state index contributed by atoms with van der Waals surface area (Å²) in [5, 5.41) is 20.0. The lowest BCUT2D eigenvalue weighted by molar-refractivity contribution is 0.0609. The molecule has 4 aliphatic rings. The molecule has 0 aromatic rings. The Balaban J connectivity index is 1.39. The fourth-order valence-electron chi connectivity index (χ4n) is 7.80. The molecule has 1 aliphatic heterocycles. The van der Waals surface area contributed by atoms with E-state index in [4.69, 9.17) is 0 Å². The lowest BCUT2D eigenvalue weighted by atomic mass is 9.61. The lowest BCUT2D eigenvalue weighted by Crippen LogP contribution is -2.39. The van der Waals surface area contributed by atoms with E-state index < -0.39 is 18.6 Å². The van der Waals surface area contributed by atoms with Crippen LogP contribution in [0.25, 0.3) is 0 Å². The maximum atomic E-state index is 12.8. The molecule has 1 heterocycles. The zero-order chi connectivity index (χ0) is 22.9. The third-order valence-electron chi connectivity index (χ3n) is 9.23. The van der Waals surface area contributed by atoms with E-state index in [0.717, 1.165) is 32.5 Å². The predicted molar refractivity (Wildman–Crippen MR) is 125 cm³/mol. The second-order valence-electron chi connectivity index (χ2n) is 11.6. The number of fused-ring (bicyclic) bond motifs is 1. The summed E-state index contributed by atoms with van der Waals surface area (Å²) in [6.45, 7) is 7.77. The van der Waals surface area contributed by atoms with E-state index in [-0.39, 0.29) is 12.3 Å². The molecule has 3 saturated carbocycles. The molecule has 0 spiro atoms. The molecule has 7 atom stereocenters. The minimum atomic E-state index is -2.17. The van der Waals surface area contributed by atoms with E-state index >= 15 is 0 Å². The van der Waals surface area contributed by atoms with Crippen LogP contribution in [0.2, 0.25) is 0 Å². The molecule has 0 amide bonds. The van der Waals surface area contributed by atoms with Gasteiger partial charge in [-0.2, -0.15) is 0 Å². The van der Waals surface area contributed by atoms with Crippen molar-refractivity contribution in [2.45, 2.75) is 96.7 Å². The molecule has 2 N–H and O–H groups in total. The van der Waals surface area contributed by atoms with Gasteiger partial charge in [-0.15, -0.1) is 0 Å². The Morgan fingerprint density at radius 1 is 1.12 bits per heavy atom. The zero-order valence-electron chi connectivity index (χ0n) is 20.0. The largest absolute Gasteiger partial charge is 0.393 e. The molecular weight excluding hydrogens is 408 g/mol. The Kier molecular flexibility index (Phi) is 7.78. The Morgan fingerprint density at radius 3 is 2.59 bits per heavy atom. The quantitative estimate of drug-likeness (QED) is 0.554. The second-order valence-corrected chi connectivity index (χ2v) is 11.6. The summed E-state index contributed by atoms with van der Waals surface area (Å²) in [7, 11) is 0. The zero-order valence-corrected chi connectivity index (χ0v) is 20.0. The minimum Gasteiger partial charge on any atom is -0.393 e. The summed E-state index contributed by atoms with van der Waals surface area (Å²) in [5.41, 5.74) is 3.07. The molecule has 1 unspecified atom stereocenters. The van der Waals surface area contributed by atoms with Crippen LogP contribution in [-0.4, -0.2) is 53.4 Å². The number of alkyl halides is 2. The van der Waals surface area contributed by atoms with Crippen molar-refractivity contribution < 1.29 is 19.0 Å². The summed E-state index contributed by atoms with van der Waals surface area (Å²) in [5.74, 6) is 2.08. The first-order chi connectivity index (χ1) is 15.2. The normalized spacial score (nSPS) is 42.2. The van der Waals surface area contributed by atoms with Crippen molar-refractivity contribution in [1.29, 1.82) is 0 Å². The first-order valence-corrected chi connectivity index (χ1v) is 13.0. The molecule has 0 aromatic carbocycles. The number of aliphatic hydroxyl groups excluding tert-OH is 2. The van der Waals surface area contributed by atoms with Crippen LogP contribution in [0.5, 0.6) is 0 Å². The van der Waals surface area contributed by atoms with Gasteiger partial charge in [0.1, 0.15) is 0 Å². The number of rotatable bonds is 6. The monoisotopic (exact) mass is 451 g/mol. The van der Waals surface area contributed by atoms with Gasteiger partial charge in [-0.05, 0) is 93.4 Å². The molecule has 5 heteroatoms. The topological polar surface area (TPSA) is 43.7 Å². The van der Waals surface area contributed by atoms with Gasteiger partial charge < -0.3 is 15.1 Å². The third kappa shape index (κ3) is 5.47. The standard InChI is InChI=1S/C27H43F2NO2/c1-18(16-30-11-9-20(17-30)14-26(28)29)24-7-8-25-21(4-3-10-27(24,25)2)6-5-19-12-22(31)15-23(32)13-19/h5-6,18,20,22-26,31-32H,3-4,7-17H2,1-2H3/b19-5-,21-6+/t18?,20-,22+,23-,24+,25-,27+/m0/s1. The maximum absolute atomic E-state index is 12.8.